The molecule has 1 aromatic carbocycles. The molecule has 0 unspecified atom stereocenters. The standard InChI is InChI=1S/C18H31NO2/c1-16(2)14-19-12-6-4-5-7-13-21-15-17-8-10-18(20-3)11-9-17/h8-11,16,19H,4-7,12-15H2,1-3H3. The molecule has 3 heteroatoms. The molecule has 0 heterocycles. The van der Waals surface area contributed by atoms with E-state index >= 15 is 0 Å². The number of nitrogens with one attached hydrogen (secondary N) is 1. The molecule has 0 aliphatic heterocycles. The molecule has 0 aliphatic rings. The Morgan fingerprint density at radius 1 is 1.00 bits per heavy atom. The summed E-state index contributed by atoms with van der Waals surface area (Å²) in [4.78, 5) is 0. The second kappa shape index (κ2) is 11.6. The van der Waals surface area contributed by atoms with Crippen LogP contribution in [-0.4, -0.2) is 26.8 Å². The summed E-state index contributed by atoms with van der Waals surface area (Å²) in [6.07, 6.45) is 4.97. The molecule has 0 atom stereocenters. The molecule has 0 saturated heterocycles. The summed E-state index contributed by atoms with van der Waals surface area (Å²) in [5.41, 5.74) is 1.20. The first kappa shape index (κ1) is 18.0. The molecule has 0 aromatic heterocycles. The fourth-order valence-electron chi connectivity index (χ4n) is 2.11. The van der Waals surface area contributed by atoms with Crippen LogP contribution in [0.15, 0.2) is 24.3 Å². The van der Waals surface area contributed by atoms with Crippen molar-refractivity contribution in [1.29, 1.82) is 0 Å². The van der Waals surface area contributed by atoms with Gasteiger partial charge in [-0.05, 0) is 49.5 Å². The molecular weight excluding hydrogens is 262 g/mol. The molecule has 120 valence electrons. The van der Waals surface area contributed by atoms with E-state index in [1.54, 1.807) is 7.11 Å². The molecule has 0 radical (unpaired) electrons. The minimum atomic E-state index is 0.694. The predicted octanol–water partition coefficient (Wildman–Crippen LogP) is 4.02. The van der Waals surface area contributed by atoms with Gasteiger partial charge >= 0.3 is 0 Å². The van der Waals surface area contributed by atoms with Crippen LogP contribution < -0.4 is 10.1 Å². The van der Waals surface area contributed by atoms with E-state index in [0.29, 0.717) is 6.61 Å². The smallest absolute Gasteiger partial charge is 0.118 e. The lowest BCUT2D eigenvalue weighted by Gasteiger charge is -2.07. The highest BCUT2D eigenvalue weighted by Gasteiger charge is 1.96. The Morgan fingerprint density at radius 2 is 1.71 bits per heavy atom. The van der Waals surface area contributed by atoms with Crippen LogP contribution >= 0.6 is 0 Å². The number of hydrogen-bond donors (Lipinski definition) is 1. The monoisotopic (exact) mass is 293 g/mol. The second-order valence-electron chi connectivity index (χ2n) is 5.91. The zero-order chi connectivity index (χ0) is 15.3. The van der Waals surface area contributed by atoms with E-state index < -0.39 is 0 Å². The van der Waals surface area contributed by atoms with Crippen LogP contribution in [0, 0.1) is 5.92 Å². The van der Waals surface area contributed by atoms with Crippen molar-refractivity contribution in [2.45, 2.75) is 46.1 Å². The Labute approximate surface area is 130 Å². The number of methoxy groups -OCH3 is 1. The summed E-state index contributed by atoms with van der Waals surface area (Å²) >= 11 is 0. The van der Waals surface area contributed by atoms with Crippen LogP contribution in [0.3, 0.4) is 0 Å². The first-order chi connectivity index (χ1) is 10.2. The molecule has 0 saturated carbocycles. The molecule has 21 heavy (non-hydrogen) atoms. The van der Waals surface area contributed by atoms with Crippen molar-refractivity contribution in [3.8, 4) is 5.75 Å². The number of benzene rings is 1. The van der Waals surface area contributed by atoms with E-state index in [9.17, 15) is 0 Å². The van der Waals surface area contributed by atoms with Crippen molar-refractivity contribution in [2.24, 2.45) is 5.92 Å². The summed E-state index contributed by atoms with van der Waals surface area (Å²) in [5, 5.41) is 3.48. The fraction of sp³-hybridized carbons (Fsp3) is 0.667. The molecule has 0 aliphatic carbocycles. The molecule has 3 nitrogen and oxygen atoms in total. The molecule has 0 spiro atoms. The van der Waals surface area contributed by atoms with Gasteiger partial charge in [0.05, 0.1) is 13.7 Å². The minimum Gasteiger partial charge on any atom is -0.497 e. The Balaban J connectivity index is 1.90. The van der Waals surface area contributed by atoms with Crippen LogP contribution in [0.2, 0.25) is 0 Å². The number of hydrogen-bond acceptors (Lipinski definition) is 3. The van der Waals surface area contributed by atoms with Crippen molar-refractivity contribution in [2.75, 3.05) is 26.8 Å². The van der Waals surface area contributed by atoms with E-state index in [-0.39, 0.29) is 0 Å². The molecule has 1 rings (SSSR count). The van der Waals surface area contributed by atoms with Gasteiger partial charge in [-0.25, -0.2) is 0 Å². The van der Waals surface area contributed by atoms with Gasteiger partial charge < -0.3 is 14.8 Å². The fourth-order valence-corrected chi connectivity index (χ4v) is 2.11. The third-order valence-electron chi connectivity index (χ3n) is 3.37. The highest BCUT2D eigenvalue weighted by Crippen LogP contribution is 2.12. The van der Waals surface area contributed by atoms with Crippen molar-refractivity contribution in [3.63, 3.8) is 0 Å². The molecule has 0 fully saturated rings. The van der Waals surface area contributed by atoms with Crippen LogP contribution in [0.4, 0.5) is 0 Å². The van der Waals surface area contributed by atoms with E-state index in [1.807, 2.05) is 12.1 Å². The molecule has 1 aromatic rings. The zero-order valence-electron chi connectivity index (χ0n) is 13.9. The van der Waals surface area contributed by atoms with Crippen LogP contribution in [-0.2, 0) is 11.3 Å². The lowest BCUT2D eigenvalue weighted by molar-refractivity contribution is 0.116. The number of unbranched alkanes of at least 4 members (excludes halogenated alkanes) is 3. The van der Waals surface area contributed by atoms with Gasteiger partial charge in [0, 0.05) is 6.61 Å². The molecule has 0 bridgehead atoms. The molecular formula is C18H31NO2. The summed E-state index contributed by atoms with van der Waals surface area (Å²) < 4.78 is 10.8. The maximum absolute atomic E-state index is 5.70. The average molecular weight is 293 g/mol. The lowest BCUT2D eigenvalue weighted by Crippen LogP contribution is -2.20. The first-order valence-corrected chi connectivity index (χ1v) is 8.13. The van der Waals surface area contributed by atoms with E-state index in [2.05, 4.69) is 31.3 Å². The topological polar surface area (TPSA) is 30.5 Å². The Kier molecular flexibility index (Phi) is 9.92. The Hall–Kier alpha value is -1.06. The van der Waals surface area contributed by atoms with Gasteiger partial charge in [0.25, 0.3) is 0 Å². The minimum absolute atomic E-state index is 0.694. The highest BCUT2D eigenvalue weighted by atomic mass is 16.5. The summed E-state index contributed by atoms with van der Waals surface area (Å²) in [5.74, 6) is 1.64. The van der Waals surface area contributed by atoms with Crippen molar-refractivity contribution in [1.82, 2.24) is 5.32 Å². The van der Waals surface area contributed by atoms with Crippen LogP contribution in [0.5, 0.6) is 5.75 Å². The van der Waals surface area contributed by atoms with Crippen molar-refractivity contribution in [3.05, 3.63) is 29.8 Å². The van der Waals surface area contributed by atoms with Crippen molar-refractivity contribution < 1.29 is 9.47 Å². The van der Waals surface area contributed by atoms with Gasteiger partial charge in [-0.3, -0.25) is 0 Å². The SMILES string of the molecule is COc1ccc(COCCCCCCNCC(C)C)cc1. The van der Waals surface area contributed by atoms with E-state index in [4.69, 9.17) is 9.47 Å². The number of ether oxygens (including phenoxy) is 2. The van der Waals surface area contributed by atoms with Gasteiger partial charge in [-0.15, -0.1) is 0 Å². The highest BCUT2D eigenvalue weighted by molar-refractivity contribution is 5.26. The quantitative estimate of drug-likeness (QED) is 0.590. The van der Waals surface area contributed by atoms with Crippen LogP contribution in [0.1, 0.15) is 45.1 Å². The van der Waals surface area contributed by atoms with E-state index in [1.165, 1.54) is 24.8 Å². The normalized spacial score (nSPS) is 11.0. The van der Waals surface area contributed by atoms with Gasteiger partial charge in [0.1, 0.15) is 5.75 Å². The lowest BCUT2D eigenvalue weighted by atomic mass is 10.2. The van der Waals surface area contributed by atoms with Gasteiger partial charge in [0.15, 0.2) is 0 Å². The Morgan fingerprint density at radius 3 is 2.38 bits per heavy atom. The third kappa shape index (κ3) is 9.48. The van der Waals surface area contributed by atoms with Crippen molar-refractivity contribution >= 4 is 0 Å². The predicted molar refractivity (Wildman–Crippen MR) is 88.8 cm³/mol. The number of rotatable bonds is 12. The first-order valence-electron chi connectivity index (χ1n) is 8.13. The molecule has 0 amide bonds. The maximum Gasteiger partial charge on any atom is 0.118 e. The van der Waals surface area contributed by atoms with E-state index in [0.717, 1.165) is 37.8 Å². The van der Waals surface area contributed by atoms with Gasteiger partial charge in [-0.2, -0.15) is 0 Å². The third-order valence-corrected chi connectivity index (χ3v) is 3.37. The Bertz CT molecular complexity index is 349. The maximum atomic E-state index is 5.70. The summed E-state index contributed by atoms with van der Waals surface area (Å²) in [6.45, 7) is 8.31. The van der Waals surface area contributed by atoms with Gasteiger partial charge in [-0.1, -0.05) is 38.8 Å². The zero-order valence-corrected chi connectivity index (χ0v) is 13.9. The largest absolute Gasteiger partial charge is 0.497 e. The van der Waals surface area contributed by atoms with Gasteiger partial charge in [0.2, 0.25) is 0 Å². The van der Waals surface area contributed by atoms with Crippen LogP contribution in [0.25, 0.3) is 0 Å². The average Bonchev–Trinajstić information content (AvgIpc) is 2.49. The second-order valence-corrected chi connectivity index (χ2v) is 5.91. The summed E-state index contributed by atoms with van der Waals surface area (Å²) in [7, 11) is 1.68. The molecule has 1 N–H and O–H groups in total. The summed E-state index contributed by atoms with van der Waals surface area (Å²) in [6, 6.07) is 8.06.